The Morgan fingerprint density at radius 1 is 1.60 bits per heavy atom. The molecule has 0 aromatic rings. The monoisotopic (exact) mass is 147 g/mol. The number of rotatable bonds is 2. The van der Waals surface area contributed by atoms with Crippen LogP contribution in [0.15, 0.2) is 12.2 Å². The van der Waals surface area contributed by atoms with Crippen LogP contribution < -0.4 is 0 Å². The molecule has 58 valence electrons. The van der Waals surface area contributed by atoms with Crippen LogP contribution in [-0.2, 0) is 4.79 Å². The summed E-state index contributed by atoms with van der Waals surface area (Å²) < 4.78 is 0. The van der Waals surface area contributed by atoms with Gasteiger partial charge in [-0.05, 0) is 0 Å². The van der Waals surface area contributed by atoms with Gasteiger partial charge in [-0.2, -0.15) is 0 Å². The van der Waals surface area contributed by atoms with Gasteiger partial charge in [0, 0.05) is 17.1 Å². The summed E-state index contributed by atoms with van der Waals surface area (Å²) in [6.07, 6.45) is 2.30. The van der Waals surface area contributed by atoms with Gasteiger partial charge in [0.25, 0.3) is 0 Å². The minimum Gasteiger partial charge on any atom is -0.478 e. The molecule has 0 atom stereocenters. The van der Waals surface area contributed by atoms with Crippen molar-refractivity contribution in [3.8, 4) is 0 Å². The zero-order valence-corrected chi connectivity index (χ0v) is 4.39. The molecule has 0 unspecified atom stereocenters. The number of hydrogen-bond acceptors (Lipinski definition) is 3. The Kier molecular flexibility index (Phi) is 6.34. The van der Waals surface area contributed by atoms with Crippen molar-refractivity contribution in [2.24, 2.45) is 0 Å². The molecule has 5 nitrogen and oxygen atoms in total. The van der Waals surface area contributed by atoms with Gasteiger partial charge in [-0.15, -0.1) is 0 Å². The number of carbonyl (C=O) groups is 1. The standard InChI is InChI=1S/C4H5NO4.CH4/c6-4(7)2-1-3-5(8)9;/h1-3H,(H,6,7)(H,8,9);1H4. The van der Waals surface area contributed by atoms with Gasteiger partial charge in [-0.3, -0.25) is 5.21 Å². The number of carboxylic acids is 1. The van der Waals surface area contributed by atoms with E-state index in [0.717, 1.165) is 12.2 Å². The summed E-state index contributed by atoms with van der Waals surface area (Å²) >= 11 is 0. The molecule has 0 heterocycles. The maximum Gasteiger partial charge on any atom is 0.328 e. The zero-order valence-electron chi connectivity index (χ0n) is 4.39. The highest BCUT2D eigenvalue weighted by atomic mass is 16.8. The SMILES string of the molecule is C.O=C(O)C=CC=[N+]([O-])O. The largest absolute Gasteiger partial charge is 0.478 e. The Morgan fingerprint density at radius 3 is 2.40 bits per heavy atom. The molecular weight excluding hydrogens is 138 g/mol. The van der Waals surface area contributed by atoms with E-state index in [1.807, 2.05) is 0 Å². The third-order valence-corrected chi connectivity index (χ3v) is 0.452. The van der Waals surface area contributed by atoms with Gasteiger partial charge in [-0.1, -0.05) is 7.43 Å². The predicted octanol–water partition coefficient (Wildman–Crippen LogP) is 0.234. The van der Waals surface area contributed by atoms with Crippen LogP contribution in [0.3, 0.4) is 0 Å². The van der Waals surface area contributed by atoms with Gasteiger partial charge in [0.15, 0.2) is 0 Å². The Balaban J connectivity index is 0. The van der Waals surface area contributed by atoms with Crippen LogP contribution in [0.1, 0.15) is 7.43 Å². The molecule has 2 N–H and O–H groups in total. The number of allylic oxidation sites excluding steroid dienone is 1. The molecule has 5 heteroatoms. The average Bonchev–Trinajstić information content (AvgIpc) is 1.63. The lowest BCUT2D eigenvalue weighted by Gasteiger charge is -1.78. The van der Waals surface area contributed by atoms with E-state index in [-0.39, 0.29) is 7.43 Å². The minimum atomic E-state index is -1.17. The third-order valence-electron chi connectivity index (χ3n) is 0.452. The number of carboxylic acid groups (broad SMARTS) is 1. The molecule has 10 heavy (non-hydrogen) atoms. The first kappa shape index (κ1) is 11.3. The van der Waals surface area contributed by atoms with Crippen LogP contribution in [0.4, 0.5) is 0 Å². The third kappa shape index (κ3) is 9.70. The number of nitrogens with zero attached hydrogens (tertiary/aromatic N) is 1. The van der Waals surface area contributed by atoms with Crippen LogP contribution in [0, 0.1) is 5.21 Å². The first-order valence-corrected chi connectivity index (χ1v) is 2.02. The van der Waals surface area contributed by atoms with Gasteiger partial charge < -0.3 is 10.3 Å². The van der Waals surface area contributed by atoms with E-state index in [1.54, 1.807) is 0 Å². The summed E-state index contributed by atoms with van der Waals surface area (Å²) in [5, 5.41) is 25.4. The highest BCUT2D eigenvalue weighted by Crippen LogP contribution is 1.67. The fraction of sp³-hybridized carbons (Fsp3) is 0.200. The smallest absolute Gasteiger partial charge is 0.328 e. The van der Waals surface area contributed by atoms with E-state index in [2.05, 4.69) is 0 Å². The van der Waals surface area contributed by atoms with Crippen molar-refractivity contribution < 1.29 is 20.0 Å². The van der Waals surface area contributed by atoms with E-state index in [1.165, 1.54) is 0 Å². The molecule has 0 aliphatic rings. The second kappa shape index (κ2) is 5.61. The molecule has 0 aromatic heterocycles. The second-order valence-electron chi connectivity index (χ2n) is 1.15. The fourth-order valence-electron chi connectivity index (χ4n) is 0.199. The van der Waals surface area contributed by atoms with Gasteiger partial charge in [0.1, 0.15) is 0 Å². The van der Waals surface area contributed by atoms with Crippen LogP contribution in [-0.4, -0.2) is 27.4 Å². The van der Waals surface area contributed by atoms with E-state index >= 15 is 0 Å². The fourth-order valence-corrected chi connectivity index (χ4v) is 0.199. The molecule has 0 saturated carbocycles. The molecule has 0 saturated heterocycles. The molecule has 0 radical (unpaired) electrons. The summed E-state index contributed by atoms with van der Waals surface area (Å²) in [7, 11) is 0. The van der Waals surface area contributed by atoms with Crippen LogP contribution in [0.2, 0.25) is 0 Å². The van der Waals surface area contributed by atoms with Crippen molar-refractivity contribution in [1.82, 2.24) is 0 Å². The highest BCUT2D eigenvalue weighted by Gasteiger charge is 1.84. The highest BCUT2D eigenvalue weighted by molar-refractivity contribution is 5.85. The zero-order chi connectivity index (χ0) is 7.28. The van der Waals surface area contributed by atoms with Crippen molar-refractivity contribution in [3.05, 3.63) is 17.4 Å². The van der Waals surface area contributed by atoms with Gasteiger partial charge in [-0.25, -0.2) is 4.79 Å². The van der Waals surface area contributed by atoms with Crippen molar-refractivity contribution >= 4 is 12.2 Å². The summed E-state index contributed by atoms with van der Waals surface area (Å²) in [5.41, 5.74) is 0. The molecule has 0 bridgehead atoms. The lowest BCUT2D eigenvalue weighted by atomic mass is 10.5. The Morgan fingerprint density at radius 2 is 2.10 bits per heavy atom. The summed E-state index contributed by atoms with van der Waals surface area (Å²) in [5.74, 6) is -1.17. The predicted molar refractivity (Wildman–Crippen MR) is 35.0 cm³/mol. The molecule has 0 fully saturated rings. The van der Waals surface area contributed by atoms with Crippen molar-refractivity contribution in [3.63, 3.8) is 0 Å². The van der Waals surface area contributed by atoms with Crippen LogP contribution in [0.25, 0.3) is 0 Å². The topological polar surface area (TPSA) is 83.6 Å². The quantitative estimate of drug-likeness (QED) is 0.192. The van der Waals surface area contributed by atoms with Crippen molar-refractivity contribution in [2.75, 3.05) is 0 Å². The van der Waals surface area contributed by atoms with Crippen molar-refractivity contribution in [1.29, 1.82) is 0 Å². The van der Waals surface area contributed by atoms with E-state index in [4.69, 9.17) is 10.3 Å². The maximum absolute atomic E-state index is 9.67. The Hall–Kier alpha value is -1.52. The van der Waals surface area contributed by atoms with Crippen LogP contribution in [0.5, 0.6) is 0 Å². The van der Waals surface area contributed by atoms with Gasteiger partial charge in [0.05, 0.1) is 0 Å². The number of hydrogen-bond donors (Lipinski definition) is 2. The summed E-state index contributed by atoms with van der Waals surface area (Å²) in [6.45, 7) is 0. The minimum absolute atomic E-state index is 0. The Labute approximate surface area is 58.1 Å². The summed E-state index contributed by atoms with van der Waals surface area (Å²) in [4.78, 5) is 9.19. The molecule has 0 aromatic carbocycles. The average molecular weight is 147 g/mol. The molecule has 0 aliphatic heterocycles. The lowest BCUT2D eigenvalue weighted by Crippen LogP contribution is -1.95. The number of aliphatic carboxylic acids is 1. The molecular formula is C5H9NO4. The van der Waals surface area contributed by atoms with Crippen LogP contribution >= 0.6 is 0 Å². The van der Waals surface area contributed by atoms with E-state index in [9.17, 15) is 10.0 Å². The Bertz CT molecular complexity index is 157. The lowest BCUT2D eigenvalue weighted by molar-refractivity contribution is -0.722. The van der Waals surface area contributed by atoms with Gasteiger partial charge >= 0.3 is 5.97 Å². The first-order valence-electron chi connectivity index (χ1n) is 2.02. The van der Waals surface area contributed by atoms with E-state index < -0.39 is 10.9 Å². The summed E-state index contributed by atoms with van der Waals surface area (Å²) in [6, 6.07) is 0. The van der Waals surface area contributed by atoms with E-state index in [0.29, 0.717) is 6.21 Å². The first-order chi connectivity index (χ1) is 4.13. The molecule has 0 aliphatic carbocycles. The maximum atomic E-state index is 9.67. The second-order valence-corrected chi connectivity index (χ2v) is 1.15. The molecule has 0 amide bonds. The van der Waals surface area contributed by atoms with Crippen molar-refractivity contribution in [2.45, 2.75) is 7.43 Å². The normalized spacial score (nSPS) is 11.0. The van der Waals surface area contributed by atoms with Gasteiger partial charge in [0.2, 0.25) is 6.21 Å². The molecule has 0 rings (SSSR count). The molecule has 0 spiro atoms.